The molecule has 0 bridgehead atoms. The van der Waals surface area contributed by atoms with Crippen molar-refractivity contribution in [2.75, 3.05) is 6.26 Å². The SMILES string of the molecule is CC(=O)c1c2cccccc-2c(-c2ccccc2)c1CS(C)(=O)=O. The maximum absolute atomic E-state index is 12.3. The molecule has 2 aliphatic carbocycles. The average molecular weight is 338 g/mol. The highest BCUT2D eigenvalue weighted by molar-refractivity contribution is 7.89. The van der Waals surface area contributed by atoms with Crippen LogP contribution in [-0.2, 0) is 15.6 Å². The van der Waals surface area contributed by atoms with Crippen molar-refractivity contribution in [2.45, 2.75) is 12.7 Å². The number of hydrogen-bond acceptors (Lipinski definition) is 3. The quantitative estimate of drug-likeness (QED) is 0.670. The summed E-state index contributed by atoms with van der Waals surface area (Å²) in [5.74, 6) is -0.267. The highest BCUT2D eigenvalue weighted by atomic mass is 32.2. The summed E-state index contributed by atoms with van der Waals surface area (Å²) in [6.45, 7) is 1.49. The van der Waals surface area contributed by atoms with E-state index in [4.69, 9.17) is 0 Å². The molecule has 0 atom stereocenters. The van der Waals surface area contributed by atoms with E-state index in [1.807, 2.05) is 60.7 Å². The van der Waals surface area contributed by atoms with Gasteiger partial charge in [0, 0.05) is 11.8 Å². The van der Waals surface area contributed by atoms with E-state index in [0.717, 1.165) is 22.3 Å². The molecule has 3 nitrogen and oxygen atoms in total. The van der Waals surface area contributed by atoms with E-state index in [1.54, 1.807) is 0 Å². The molecule has 122 valence electrons. The molecule has 1 aromatic rings. The minimum atomic E-state index is -3.28. The van der Waals surface area contributed by atoms with Gasteiger partial charge in [-0.2, -0.15) is 0 Å². The van der Waals surface area contributed by atoms with Crippen molar-refractivity contribution in [2.24, 2.45) is 0 Å². The van der Waals surface area contributed by atoms with Gasteiger partial charge in [0.25, 0.3) is 0 Å². The van der Waals surface area contributed by atoms with E-state index in [0.29, 0.717) is 11.1 Å². The Morgan fingerprint density at radius 3 is 1.96 bits per heavy atom. The van der Waals surface area contributed by atoms with Gasteiger partial charge in [0.05, 0.1) is 5.75 Å². The van der Waals surface area contributed by atoms with Crippen molar-refractivity contribution in [3.05, 3.63) is 71.8 Å². The molecule has 0 saturated carbocycles. The van der Waals surface area contributed by atoms with E-state index in [2.05, 4.69) is 0 Å². The Hall–Kier alpha value is -2.46. The van der Waals surface area contributed by atoms with Crippen LogP contribution in [-0.4, -0.2) is 20.5 Å². The molecule has 24 heavy (non-hydrogen) atoms. The molecule has 0 aliphatic heterocycles. The summed E-state index contributed by atoms with van der Waals surface area (Å²) < 4.78 is 24.0. The van der Waals surface area contributed by atoms with E-state index in [1.165, 1.54) is 13.2 Å². The van der Waals surface area contributed by atoms with Crippen LogP contribution < -0.4 is 0 Å². The summed E-state index contributed by atoms with van der Waals surface area (Å²) in [6.07, 6.45) is 1.20. The second kappa shape index (κ2) is 6.21. The summed E-state index contributed by atoms with van der Waals surface area (Å²) in [7, 11) is -3.28. The molecule has 0 aromatic heterocycles. The van der Waals surface area contributed by atoms with Crippen LogP contribution in [0.1, 0.15) is 22.8 Å². The third-order valence-corrected chi connectivity index (χ3v) is 4.81. The summed E-state index contributed by atoms with van der Waals surface area (Å²) in [4.78, 5) is 12.3. The van der Waals surface area contributed by atoms with Gasteiger partial charge >= 0.3 is 0 Å². The zero-order valence-corrected chi connectivity index (χ0v) is 14.4. The van der Waals surface area contributed by atoms with Gasteiger partial charge in [-0.25, -0.2) is 8.42 Å². The Morgan fingerprint density at radius 1 is 0.875 bits per heavy atom. The van der Waals surface area contributed by atoms with Crippen LogP contribution in [0.25, 0.3) is 22.3 Å². The van der Waals surface area contributed by atoms with Gasteiger partial charge in [0.2, 0.25) is 0 Å². The molecule has 0 radical (unpaired) electrons. The fourth-order valence-electron chi connectivity index (χ4n) is 3.18. The van der Waals surface area contributed by atoms with E-state index in [9.17, 15) is 13.2 Å². The van der Waals surface area contributed by atoms with Crippen LogP contribution in [0.15, 0.2) is 60.7 Å². The topological polar surface area (TPSA) is 51.2 Å². The lowest BCUT2D eigenvalue weighted by Crippen LogP contribution is -2.05. The predicted molar refractivity (Wildman–Crippen MR) is 97.1 cm³/mol. The van der Waals surface area contributed by atoms with Crippen molar-refractivity contribution >= 4 is 15.6 Å². The van der Waals surface area contributed by atoms with Gasteiger partial charge in [0.15, 0.2) is 15.6 Å². The van der Waals surface area contributed by atoms with Crippen LogP contribution in [0.4, 0.5) is 0 Å². The number of fused-ring (bicyclic) bond motifs is 1. The van der Waals surface area contributed by atoms with Crippen molar-refractivity contribution < 1.29 is 13.2 Å². The first-order chi connectivity index (χ1) is 11.4. The highest BCUT2D eigenvalue weighted by Gasteiger charge is 2.27. The molecule has 0 amide bonds. The second-order valence-electron chi connectivity index (χ2n) is 5.96. The molecule has 0 heterocycles. The fourth-order valence-corrected chi connectivity index (χ4v) is 3.99. The van der Waals surface area contributed by atoms with Crippen LogP contribution in [0.2, 0.25) is 0 Å². The normalized spacial score (nSPS) is 11.6. The summed E-state index contributed by atoms with van der Waals surface area (Å²) in [6, 6.07) is 19.1. The number of benzene rings is 1. The molecular weight excluding hydrogens is 320 g/mol. The van der Waals surface area contributed by atoms with Crippen LogP contribution in [0, 0.1) is 0 Å². The van der Waals surface area contributed by atoms with Crippen LogP contribution in [0.5, 0.6) is 0 Å². The molecule has 0 unspecified atom stereocenters. The number of Topliss-reactive ketones (excluding diaryl/α,β-unsaturated/α-hetero) is 1. The first-order valence-corrected chi connectivity index (χ1v) is 9.72. The molecular formula is C20H18O3S. The molecule has 0 saturated heterocycles. The van der Waals surface area contributed by atoms with Crippen molar-refractivity contribution in [3.63, 3.8) is 0 Å². The molecule has 1 aromatic carbocycles. The Morgan fingerprint density at radius 2 is 1.42 bits per heavy atom. The zero-order valence-electron chi connectivity index (χ0n) is 13.6. The largest absolute Gasteiger partial charge is 0.294 e. The van der Waals surface area contributed by atoms with Gasteiger partial charge in [-0.3, -0.25) is 4.79 Å². The predicted octanol–water partition coefficient (Wildman–Crippen LogP) is 4.21. The lowest BCUT2D eigenvalue weighted by atomic mass is 10.0. The van der Waals surface area contributed by atoms with Gasteiger partial charge in [-0.15, -0.1) is 0 Å². The third kappa shape index (κ3) is 3.10. The Balaban J connectivity index is 2.45. The molecule has 3 rings (SSSR count). The molecule has 0 spiro atoms. The molecule has 0 N–H and O–H groups in total. The second-order valence-corrected chi connectivity index (χ2v) is 8.10. The molecule has 0 fully saturated rings. The number of ketones is 1. The maximum atomic E-state index is 12.3. The van der Waals surface area contributed by atoms with E-state index in [-0.39, 0.29) is 11.5 Å². The van der Waals surface area contributed by atoms with Gasteiger partial charge in [0.1, 0.15) is 0 Å². The molecule has 4 heteroatoms. The number of carbonyl (C=O) groups excluding carboxylic acids is 1. The molecule has 2 aliphatic rings. The van der Waals surface area contributed by atoms with Crippen molar-refractivity contribution in [3.8, 4) is 22.3 Å². The van der Waals surface area contributed by atoms with E-state index < -0.39 is 9.84 Å². The number of rotatable bonds is 4. The summed E-state index contributed by atoms with van der Waals surface area (Å²) in [5.41, 5.74) is 4.54. The minimum absolute atomic E-state index is 0.118. The first kappa shape index (κ1) is 16.4. The van der Waals surface area contributed by atoms with Gasteiger partial charge < -0.3 is 0 Å². The van der Waals surface area contributed by atoms with E-state index >= 15 is 0 Å². The number of sulfone groups is 1. The average Bonchev–Trinajstić information content (AvgIpc) is 2.65. The Bertz CT molecular complexity index is 973. The Labute approximate surface area is 142 Å². The van der Waals surface area contributed by atoms with Crippen molar-refractivity contribution in [1.82, 2.24) is 0 Å². The lowest BCUT2D eigenvalue weighted by molar-refractivity contribution is 0.101. The minimum Gasteiger partial charge on any atom is -0.294 e. The van der Waals surface area contributed by atoms with Gasteiger partial charge in [-0.1, -0.05) is 60.7 Å². The van der Waals surface area contributed by atoms with Crippen LogP contribution in [0.3, 0.4) is 0 Å². The lowest BCUT2D eigenvalue weighted by Gasteiger charge is -2.07. The fraction of sp³-hybridized carbons (Fsp3) is 0.150. The summed E-state index contributed by atoms with van der Waals surface area (Å²) >= 11 is 0. The van der Waals surface area contributed by atoms with Crippen LogP contribution >= 0.6 is 0 Å². The maximum Gasteiger partial charge on any atom is 0.160 e. The number of hydrogen-bond donors (Lipinski definition) is 0. The monoisotopic (exact) mass is 338 g/mol. The highest BCUT2D eigenvalue weighted by Crippen LogP contribution is 2.43. The Kier molecular flexibility index (Phi) is 4.24. The first-order valence-electron chi connectivity index (χ1n) is 7.66. The smallest absolute Gasteiger partial charge is 0.160 e. The zero-order chi connectivity index (χ0) is 17.3. The summed E-state index contributed by atoms with van der Waals surface area (Å²) in [5, 5.41) is 0. The number of carbonyl (C=O) groups is 1. The third-order valence-electron chi connectivity index (χ3n) is 4.00. The standard InChI is InChI=1S/C20H18O3S/c1-14(21)19-16-11-7-4-8-12-17(16)20(15-9-5-3-6-10-15)18(19)13-24(2,22)23/h3-12H,13H2,1-2H3. The van der Waals surface area contributed by atoms with Crippen molar-refractivity contribution in [1.29, 1.82) is 0 Å². The van der Waals surface area contributed by atoms with Gasteiger partial charge in [-0.05, 0) is 34.7 Å².